The van der Waals surface area contributed by atoms with Crippen molar-refractivity contribution in [2.45, 2.75) is 6.92 Å². The molecule has 0 aliphatic carbocycles. The topological polar surface area (TPSA) is 40.1 Å². The first-order valence-electron chi connectivity index (χ1n) is 3.18. The van der Waals surface area contributed by atoms with E-state index in [9.17, 15) is 0 Å². The maximum absolute atomic E-state index is 5.46. The van der Waals surface area contributed by atoms with Crippen LogP contribution in [0.5, 0.6) is 0 Å². The summed E-state index contributed by atoms with van der Waals surface area (Å²) < 4.78 is 0. The molecule has 8 heavy (non-hydrogen) atoms. The van der Waals surface area contributed by atoms with Crippen LogP contribution in [0.25, 0.3) is 0 Å². The molecule has 1 fully saturated rings. The van der Waals surface area contributed by atoms with Gasteiger partial charge in [0.2, 0.25) is 0 Å². The van der Waals surface area contributed by atoms with Crippen LogP contribution in [-0.4, -0.2) is 19.6 Å². The van der Waals surface area contributed by atoms with Crippen LogP contribution in [0.1, 0.15) is 6.92 Å². The van der Waals surface area contributed by atoms with E-state index in [2.05, 4.69) is 12.2 Å². The summed E-state index contributed by atoms with van der Waals surface area (Å²) in [5, 5.41) is 4.24. The van der Waals surface area contributed by atoms with Crippen molar-refractivity contribution in [3.63, 3.8) is 0 Å². The van der Waals surface area contributed by atoms with Crippen molar-refractivity contribution in [1.82, 2.24) is 5.32 Å². The molecule has 0 aromatic carbocycles. The van der Waals surface area contributed by atoms with Crippen LogP contribution in [0.3, 0.4) is 0 Å². The zero-order valence-electron chi connectivity index (χ0n) is 5.30. The number of rotatable bonds is 1. The molecular weight excluding hydrogens is 100 g/mol. The second-order valence-corrected chi connectivity index (χ2v) is 2.56. The molecule has 2 atom stereocenters. The minimum absolute atomic E-state index is 0.676. The fourth-order valence-corrected chi connectivity index (χ4v) is 1.08. The summed E-state index contributed by atoms with van der Waals surface area (Å²) in [4.78, 5) is 0. The second-order valence-electron chi connectivity index (χ2n) is 2.56. The third-order valence-electron chi connectivity index (χ3n) is 1.89. The normalized spacial score (nSPS) is 38.2. The Morgan fingerprint density at radius 2 is 2.38 bits per heavy atom. The van der Waals surface area contributed by atoms with Gasteiger partial charge in [-0.1, -0.05) is 6.92 Å². The summed E-state index contributed by atoms with van der Waals surface area (Å²) in [5.41, 5.74) is 5.46. The largest absolute Gasteiger partial charge is 0.330 e. The van der Waals surface area contributed by atoms with Gasteiger partial charge in [-0.2, -0.15) is 0 Å². The smallest absolute Gasteiger partial charge is 0.0176 e. The minimum Gasteiger partial charge on any atom is -0.330 e. The van der Waals surface area contributed by atoms with Gasteiger partial charge in [-0.15, -0.1) is 0 Å². The number of nitrogens with two attached hydrogens (primary N) is 1. The third kappa shape index (κ3) is 1.01. The van der Waals surface area contributed by atoms with Gasteiger partial charge < -0.3 is 5.73 Å². The van der Waals surface area contributed by atoms with Crippen molar-refractivity contribution in [1.29, 1.82) is 0 Å². The fraction of sp³-hybridized carbons (Fsp3) is 1.00. The molecule has 1 aliphatic rings. The maximum Gasteiger partial charge on any atom is 0.0176 e. The van der Waals surface area contributed by atoms with Crippen molar-refractivity contribution >= 4 is 0 Å². The van der Waals surface area contributed by atoms with Crippen LogP contribution in [0.2, 0.25) is 0 Å². The Labute approximate surface area is 50.4 Å². The van der Waals surface area contributed by atoms with Gasteiger partial charge >= 0.3 is 0 Å². The van der Waals surface area contributed by atoms with Crippen LogP contribution in [0.15, 0.2) is 0 Å². The first-order chi connectivity index (χ1) is 3.84. The molecule has 1 saturated heterocycles. The molecule has 2 N–H and O–H groups in total. The summed E-state index contributed by atoms with van der Waals surface area (Å²) in [5.74, 6) is 1.41. The lowest BCUT2D eigenvalue weighted by Gasteiger charge is -2.08. The average molecular weight is 113 g/mol. The van der Waals surface area contributed by atoms with Crippen LogP contribution in [-0.2, 0) is 0 Å². The Balaban J connectivity index is 2.30. The van der Waals surface area contributed by atoms with E-state index in [4.69, 9.17) is 5.73 Å². The fourth-order valence-electron chi connectivity index (χ4n) is 1.08. The van der Waals surface area contributed by atoms with E-state index < -0.39 is 0 Å². The predicted octanol–water partition coefficient (Wildman–Crippen LogP) is -0.185. The highest BCUT2D eigenvalue weighted by Crippen LogP contribution is 2.14. The Bertz CT molecular complexity index is 72.9. The van der Waals surface area contributed by atoms with Crippen LogP contribution in [0.4, 0.5) is 0 Å². The van der Waals surface area contributed by atoms with Crippen molar-refractivity contribution < 1.29 is 0 Å². The molecule has 0 bridgehead atoms. The van der Waals surface area contributed by atoms with Gasteiger partial charge in [-0.05, 0) is 18.4 Å². The summed E-state index contributed by atoms with van der Waals surface area (Å²) in [7, 11) is 0. The van der Waals surface area contributed by atoms with E-state index >= 15 is 0 Å². The van der Waals surface area contributed by atoms with Gasteiger partial charge in [0.1, 0.15) is 0 Å². The van der Waals surface area contributed by atoms with E-state index in [1.165, 1.54) is 0 Å². The van der Waals surface area contributed by atoms with Gasteiger partial charge in [0, 0.05) is 13.1 Å². The highest BCUT2D eigenvalue weighted by atomic mass is 14.9. The molecule has 0 spiro atoms. The molecular formula is C6H13N2. The molecule has 0 amide bonds. The van der Waals surface area contributed by atoms with Crippen molar-refractivity contribution in [3.8, 4) is 0 Å². The zero-order chi connectivity index (χ0) is 5.98. The number of hydrogen-bond acceptors (Lipinski definition) is 1. The molecule has 2 unspecified atom stereocenters. The lowest BCUT2D eigenvalue weighted by molar-refractivity contribution is 0.463. The highest BCUT2D eigenvalue weighted by molar-refractivity contribution is 4.77. The summed E-state index contributed by atoms with van der Waals surface area (Å²) in [6.07, 6.45) is 0. The van der Waals surface area contributed by atoms with Crippen LogP contribution < -0.4 is 11.1 Å². The standard InChI is InChI=1S/C6H13N2/c1-5-3-8-4-6(5)2-7/h5-6H,2-4,7H2,1H3. The Hall–Kier alpha value is -0.0800. The van der Waals surface area contributed by atoms with Gasteiger partial charge in [-0.3, -0.25) is 0 Å². The minimum atomic E-state index is 0.676. The summed E-state index contributed by atoms with van der Waals surface area (Å²) >= 11 is 0. The molecule has 1 radical (unpaired) electrons. The quantitative estimate of drug-likeness (QED) is 0.503. The van der Waals surface area contributed by atoms with E-state index in [-0.39, 0.29) is 0 Å². The van der Waals surface area contributed by atoms with Gasteiger partial charge in [0.25, 0.3) is 0 Å². The Kier molecular flexibility index (Phi) is 1.86. The second kappa shape index (κ2) is 2.46. The highest BCUT2D eigenvalue weighted by Gasteiger charge is 2.21. The number of nitrogens with zero attached hydrogens (tertiary/aromatic N) is 1. The lowest BCUT2D eigenvalue weighted by Crippen LogP contribution is -2.19. The molecule has 47 valence electrons. The monoisotopic (exact) mass is 113 g/mol. The van der Waals surface area contributed by atoms with E-state index in [0.29, 0.717) is 5.92 Å². The van der Waals surface area contributed by atoms with Crippen molar-refractivity contribution in [3.05, 3.63) is 0 Å². The molecule has 1 heterocycles. The molecule has 2 nitrogen and oxygen atoms in total. The van der Waals surface area contributed by atoms with E-state index in [1.807, 2.05) is 0 Å². The predicted molar refractivity (Wildman–Crippen MR) is 33.6 cm³/mol. The molecule has 0 aromatic rings. The van der Waals surface area contributed by atoms with E-state index in [0.717, 1.165) is 25.6 Å². The van der Waals surface area contributed by atoms with Crippen LogP contribution in [0, 0.1) is 11.8 Å². The van der Waals surface area contributed by atoms with Crippen LogP contribution >= 0.6 is 0 Å². The Morgan fingerprint density at radius 3 is 2.62 bits per heavy atom. The first kappa shape index (κ1) is 6.05. The zero-order valence-corrected chi connectivity index (χ0v) is 5.30. The Morgan fingerprint density at radius 1 is 1.62 bits per heavy atom. The van der Waals surface area contributed by atoms with Gasteiger partial charge in [0.15, 0.2) is 0 Å². The maximum atomic E-state index is 5.46. The first-order valence-corrected chi connectivity index (χ1v) is 3.18. The molecule has 0 saturated carbocycles. The van der Waals surface area contributed by atoms with Gasteiger partial charge in [-0.25, -0.2) is 5.32 Å². The molecule has 1 rings (SSSR count). The van der Waals surface area contributed by atoms with Crippen molar-refractivity contribution in [2.75, 3.05) is 19.6 Å². The average Bonchev–Trinajstić information content (AvgIpc) is 2.14. The molecule has 0 aromatic heterocycles. The summed E-state index contributed by atoms with van der Waals surface area (Å²) in [6.45, 7) is 5.05. The summed E-state index contributed by atoms with van der Waals surface area (Å²) in [6, 6.07) is 0. The molecule has 2 heteroatoms. The van der Waals surface area contributed by atoms with Crippen molar-refractivity contribution in [2.24, 2.45) is 17.6 Å². The number of hydrogen-bond donors (Lipinski definition) is 1. The third-order valence-corrected chi connectivity index (χ3v) is 1.89. The SMILES string of the molecule is CC1C[N]CC1CN. The molecule has 1 aliphatic heterocycles. The van der Waals surface area contributed by atoms with E-state index in [1.54, 1.807) is 0 Å². The lowest BCUT2D eigenvalue weighted by atomic mass is 9.99. The van der Waals surface area contributed by atoms with Gasteiger partial charge in [0.05, 0.1) is 0 Å².